The molecular formula is C21H30N6. The number of aryl methyl sites for hydroxylation is 2. The van der Waals surface area contributed by atoms with Crippen molar-refractivity contribution in [2.24, 2.45) is 4.99 Å². The molecule has 2 aromatic rings. The zero-order valence-electron chi connectivity index (χ0n) is 16.6. The van der Waals surface area contributed by atoms with Crippen molar-refractivity contribution in [2.45, 2.75) is 46.2 Å². The highest BCUT2D eigenvalue weighted by atomic mass is 15.2. The molecule has 0 saturated carbocycles. The zero-order valence-corrected chi connectivity index (χ0v) is 16.6. The Morgan fingerprint density at radius 1 is 1.19 bits per heavy atom. The van der Waals surface area contributed by atoms with E-state index in [0.29, 0.717) is 12.6 Å². The molecule has 0 aliphatic carbocycles. The van der Waals surface area contributed by atoms with Crippen molar-refractivity contribution in [1.82, 2.24) is 20.6 Å². The summed E-state index contributed by atoms with van der Waals surface area (Å²) in [5.41, 5.74) is 3.40. The lowest BCUT2D eigenvalue weighted by molar-refractivity contribution is 0.459. The van der Waals surface area contributed by atoms with Gasteiger partial charge in [-0.3, -0.25) is 4.98 Å². The van der Waals surface area contributed by atoms with Crippen molar-refractivity contribution in [3.8, 4) is 0 Å². The van der Waals surface area contributed by atoms with Crippen LogP contribution in [0.15, 0.2) is 41.7 Å². The summed E-state index contributed by atoms with van der Waals surface area (Å²) in [4.78, 5) is 16.1. The zero-order chi connectivity index (χ0) is 19.1. The van der Waals surface area contributed by atoms with Crippen molar-refractivity contribution in [3.05, 3.63) is 53.5 Å². The minimum absolute atomic E-state index is 0.425. The van der Waals surface area contributed by atoms with Gasteiger partial charge >= 0.3 is 0 Å². The van der Waals surface area contributed by atoms with E-state index in [-0.39, 0.29) is 0 Å². The molecule has 0 aromatic carbocycles. The molecule has 0 atom stereocenters. The van der Waals surface area contributed by atoms with Gasteiger partial charge in [0.2, 0.25) is 0 Å². The van der Waals surface area contributed by atoms with Crippen LogP contribution < -0.4 is 15.5 Å². The fraction of sp³-hybridized carbons (Fsp3) is 0.476. The monoisotopic (exact) mass is 366 g/mol. The molecule has 0 unspecified atom stereocenters. The molecule has 0 radical (unpaired) electrons. The number of nitrogens with zero attached hydrogens (tertiary/aromatic N) is 4. The van der Waals surface area contributed by atoms with Gasteiger partial charge in [-0.15, -0.1) is 0 Å². The van der Waals surface area contributed by atoms with E-state index in [2.05, 4.69) is 64.5 Å². The van der Waals surface area contributed by atoms with Crippen molar-refractivity contribution in [3.63, 3.8) is 0 Å². The SMILES string of the molecule is CCNC(=NCc1ncccc1C)NC1CCN(c2ccc(C)cn2)CC1. The molecule has 1 aliphatic rings. The Morgan fingerprint density at radius 2 is 2.00 bits per heavy atom. The average molecular weight is 367 g/mol. The smallest absolute Gasteiger partial charge is 0.191 e. The topological polar surface area (TPSA) is 65.4 Å². The first-order valence-electron chi connectivity index (χ1n) is 9.78. The third-order valence-corrected chi connectivity index (χ3v) is 4.90. The number of rotatable bonds is 5. The second-order valence-corrected chi connectivity index (χ2v) is 7.06. The summed E-state index contributed by atoms with van der Waals surface area (Å²) < 4.78 is 0. The number of aromatic nitrogens is 2. The Balaban J connectivity index is 1.55. The summed E-state index contributed by atoms with van der Waals surface area (Å²) in [6.07, 6.45) is 5.91. The highest BCUT2D eigenvalue weighted by molar-refractivity contribution is 5.80. The third kappa shape index (κ3) is 5.42. The number of hydrogen-bond donors (Lipinski definition) is 2. The maximum absolute atomic E-state index is 4.73. The second-order valence-electron chi connectivity index (χ2n) is 7.06. The van der Waals surface area contributed by atoms with Gasteiger partial charge in [-0.25, -0.2) is 9.98 Å². The Kier molecular flexibility index (Phi) is 6.63. The number of nitrogens with one attached hydrogen (secondary N) is 2. The van der Waals surface area contributed by atoms with Gasteiger partial charge in [0, 0.05) is 38.1 Å². The summed E-state index contributed by atoms with van der Waals surface area (Å²) in [7, 11) is 0. The molecule has 1 fully saturated rings. The summed E-state index contributed by atoms with van der Waals surface area (Å²) in [6.45, 7) is 9.69. The molecule has 1 aliphatic heterocycles. The van der Waals surface area contributed by atoms with Gasteiger partial charge in [0.25, 0.3) is 0 Å². The van der Waals surface area contributed by atoms with Gasteiger partial charge in [0.1, 0.15) is 5.82 Å². The number of anilines is 1. The number of guanidine groups is 1. The maximum Gasteiger partial charge on any atom is 0.191 e. The van der Waals surface area contributed by atoms with Gasteiger partial charge < -0.3 is 15.5 Å². The molecule has 3 heterocycles. The predicted molar refractivity (Wildman–Crippen MR) is 111 cm³/mol. The van der Waals surface area contributed by atoms with E-state index in [0.717, 1.165) is 49.9 Å². The fourth-order valence-corrected chi connectivity index (χ4v) is 3.25. The predicted octanol–water partition coefficient (Wildman–Crippen LogP) is 2.82. The molecule has 0 spiro atoms. The van der Waals surface area contributed by atoms with Crippen LogP contribution in [0.1, 0.15) is 36.6 Å². The normalized spacial score (nSPS) is 15.7. The minimum atomic E-state index is 0.425. The first-order chi connectivity index (χ1) is 13.2. The quantitative estimate of drug-likeness (QED) is 0.629. The molecule has 2 aromatic heterocycles. The van der Waals surface area contributed by atoms with Gasteiger partial charge in [-0.2, -0.15) is 0 Å². The molecular weight excluding hydrogens is 336 g/mol. The summed E-state index contributed by atoms with van der Waals surface area (Å²) in [5, 5.41) is 6.95. The van der Waals surface area contributed by atoms with E-state index < -0.39 is 0 Å². The van der Waals surface area contributed by atoms with Crippen LogP contribution in [-0.4, -0.2) is 41.6 Å². The number of pyridine rings is 2. The van der Waals surface area contributed by atoms with E-state index >= 15 is 0 Å². The first-order valence-corrected chi connectivity index (χ1v) is 9.78. The van der Waals surface area contributed by atoms with E-state index in [1.165, 1.54) is 11.1 Å². The molecule has 0 bridgehead atoms. The minimum Gasteiger partial charge on any atom is -0.357 e. The number of aliphatic imine (C=N–C) groups is 1. The van der Waals surface area contributed by atoms with E-state index in [1.807, 2.05) is 18.5 Å². The Hall–Kier alpha value is -2.63. The second kappa shape index (κ2) is 9.35. The van der Waals surface area contributed by atoms with Crippen molar-refractivity contribution < 1.29 is 0 Å². The van der Waals surface area contributed by atoms with Crippen molar-refractivity contribution >= 4 is 11.8 Å². The van der Waals surface area contributed by atoms with Gasteiger partial charge in [0.15, 0.2) is 5.96 Å². The first kappa shape index (κ1) is 19.1. The van der Waals surface area contributed by atoms with Crippen LogP contribution in [0.25, 0.3) is 0 Å². The Bertz CT molecular complexity index is 748. The molecule has 3 rings (SSSR count). The molecule has 6 heteroatoms. The van der Waals surface area contributed by atoms with Gasteiger partial charge in [-0.1, -0.05) is 12.1 Å². The van der Waals surface area contributed by atoms with Gasteiger partial charge in [0.05, 0.1) is 12.2 Å². The van der Waals surface area contributed by atoms with Crippen LogP contribution in [0, 0.1) is 13.8 Å². The molecule has 144 valence electrons. The highest BCUT2D eigenvalue weighted by Crippen LogP contribution is 2.18. The van der Waals surface area contributed by atoms with E-state index in [4.69, 9.17) is 4.99 Å². The van der Waals surface area contributed by atoms with Crippen LogP contribution in [0.2, 0.25) is 0 Å². The van der Waals surface area contributed by atoms with E-state index in [1.54, 1.807) is 0 Å². The summed E-state index contributed by atoms with van der Waals surface area (Å²) in [6, 6.07) is 8.70. The number of piperidine rings is 1. The van der Waals surface area contributed by atoms with Crippen LogP contribution in [0.5, 0.6) is 0 Å². The van der Waals surface area contributed by atoms with Crippen LogP contribution in [0.4, 0.5) is 5.82 Å². The van der Waals surface area contributed by atoms with Gasteiger partial charge in [-0.05, 0) is 56.9 Å². The lowest BCUT2D eigenvalue weighted by Gasteiger charge is -2.33. The Labute approximate surface area is 162 Å². The fourth-order valence-electron chi connectivity index (χ4n) is 3.25. The summed E-state index contributed by atoms with van der Waals surface area (Å²) in [5.74, 6) is 1.94. The third-order valence-electron chi connectivity index (χ3n) is 4.90. The lowest BCUT2D eigenvalue weighted by Crippen LogP contribution is -2.48. The highest BCUT2D eigenvalue weighted by Gasteiger charge is 2.20. The maximum atomic E-state index is 4.73. The standard InChI is InChI=1S/C21H30N6/c1-4-22-21(25-15-19-17(3)6-5-11-23-19)26-18-9-12-27(13-10-18)20-8-7-16(2)14-24-20/h5-8,11,14,18H,4,9-10,12-13,15H2,1-3H3,(H2,22,25,26). The van der Waals surface area contributed by atoms with Crippen molar-refractivity contribution in [1.29, 1.82) is 0 Å². The van der Waals surface area contributed by atoms with Crippen molar-refractivity contribution in [2.75, 3.05) is 24.5 Å². The molecule has 1 saturated heterocycles. The van der Waals surface area contributed by atoms with Crippen LogP contribution >= 0.6 is 0 Å². The van der Waals surface area contributed by atoms with Crippen LogP contribution in [0.3, 0.4) is 0 Å². The van der Waals surface area contributed by atoms with E-state index in [9.17, 15) is 0 Å². The summed E-state index contributed by atoms with van der Waals surface area (Å²) >= 11 is 0. The number of hydrogen-bond acceptors (Lipinski definition) is 4. The molecule has 2 N–H and O–H groups in total. The molecule has 6 nitrogen and oxygen atoms in total. The van der Waals surface area contributed by atoms with Crippen LogP contribution in [-0.2, 0) is 6.54 Å². The molecule has 0 amide bonds. The average Bonchev–Trinajstić information content (AvgIpc) is 2.69. The largest absolute Gasteiger partial charge is 0.357 e. The molecule has 27 heavy (non-hydrogen) atoms. The Morgan fingerprint density at radius 3 is 2.67 bits per heavy atom. The lowest BCUT2D eigenvalue weighted by atomic mass is 10.1.